The van der Waals surface area contributed by atoms with Gasteiger partial charge >= 0.3 is 0 Å². The maximum Gasteiger partial charge on any atom is 0.264 e. The van der Waals surface area contributed by atoms with Crippen LogP contribution in [0.1, 0.15) is 43.0 Å². The van der Waals surface area contributed by atoms with E-state index in [1.54, 1.807) is 49.4 Å². The summed E-state index contributed by atoms with van der Waals surface area (Å²) in [4.78, 5) is 29.7. The first kappa shape index (κ1) is 34.7. The molecule has 4 aromatic rings. The van der Waals surface area contributed by atoms with E-state index in [1.165, 1.54) is 29.2 Å². The zero-order valence-electron chi connectivity index (χ0n) is 26.6. The fourth-order valence-electron chi connectivity index (χ4n) is 5.07. The van der Waals surface area contributed by atoms with E-state index in [9.17, 15) is 18.0 Å². The van der Waals surface area contributed by atoms with Crippen molar-refractivity contribution in [2.45, 2.75) is 64.1 Å². The molecule has 0 spiro atoms. The Kier molecular flexibility index (Phi) is 10.9. The Morgan fingerprint density at radius 1 is 0.891 bits per heavy atom. The first-order valence-corrected chi connectivity index (χ1v) is 16.7. The molecule has 0 heterocycles. The summed E-state index contributed by atoms with van der Waals surface area (Å²) in [6, 6.07) is 25.2. The SMILES string of the molecule is Cc1ccc(S(=O)(=O)N(CC(=O)N(Cc2ccccc2F)[C@@H](Cc2ccccc2)C(=O)NC(C)(C)C)c2ccc(Cl)cc2C)cc1. The number of halogens is 2. The molecular formula is C36H39ClFN3O4S. The van der Waals surface area contributed by atoms with E-state index in [0.29, 0.717) is 10.6 Å². The highest BCUT2D eigenvalue weighted by atomic mass is 35.5. The summed E-state index contributed by atoms with van der Waals surface area (Å²) in [7, 11) is -4.28. The van der Waals surface area contributed by atoms with Crippen molar-refractivity contribution in [3.05, 3.63) is 130 Å². The van der Waals surface area contributed by atoms with Gasteiger partial charge in [-0.25, -0.2) is 12.8 Å². The third-order valence-corrected chi connectivity index (χ3v) is 9.39. The van der Waals surface area contributed by atoms with Crippen molar-refractivity contribution in [3.8, 4) is 0 Å². The minimum Gasteiger partial charge on any atom is -0.350 e. The lowest BCUT2D eigenvalue weighted by Gasteiger charge is -2.35. The Hall–Kier alpha value is -4.21. The Labute approximate surface area is 276 Å². The van der Waals surface area contributed by atoms with Crippen molar-refractivity contribution in [1.82, 2.24) is 10.2 Å². The third kappa shape index (κ3) is 8.73. The summed E-state index contributed by atoms with van der Waals surface area (Å²) in [6.45, 7) is 8.11. The maximum absolute atomic E-state index is 15.1. The fourth-order valence-corrected chi connectivity index (χ4v) is 6.77. The molecule has 1 N–H and O–H groups in total. The van der Waals surface area contributed by atoms with E-state index >= 15 is 4.39 Å². The molecule has 10 heteroatoms. The zero-order valence-corrected chi connectivity index (χ0v) is 28.2. The number of aryl methyl sites for hydroxylation is 2. The minimum atomic E-state index is -4.28. The van der Waals surface area contributed by atoms with Gasteiger partial charge in [0.25, 0.3) is 10.0 Å². The predicted molar refractivity (Wildman–Crippen MR) is 181 cm³/mol. The second kappa shape index (κ2) is 14.5. The van der Waals surface area contributed by atoms with Gasteiger partial charge in [-0.2, -0.15) is 0 Å². The van der Waals surface area contributed by atoms with Crippen LogP contribution in [0.25, 0.3) is 0 Å². The van der Waals surface area contributed by atoms with E-state index in [4.69, 9.17) is 11.6 Å². The topological polar surface area (TPSA) is 86.8 Å². The van der Waals surface area contributed by atoms with Crippen molar-refractivity contribution < 1.29 is 22.4 Å². The van der Waals surface area contributed by atoms with Gasteiger partial charge in [-0.05, 0) is 82.1 Å². The van der Waals surface area contributed by atoms with Crippen LogP contribution < -0.4 is 9.62 Å². The molecule has 0 aliphatic heterocycles. The average Bonchev–Trinajstić information content (AvgIpc) is 2.98. The van der Waals surface area contributed by atoms with Gasteiger partial charge in [-0.15, -0.1) is 0 Å². The molecule has 0 aliphatic rings. The van der Waals surface area contributed by atoms with Gasteiger partial charge in [0, 0.05) is 29.1 Å². The minimum absolute atomic E-state index is 0.00721. The highest BCUT2D eigenvalue weighted by molar-refractivity contribution is 7.92. The Morgan fingerprint density at radius 3 is 2.13 bits per heavy atom. The first-order valence-electron chi connectivity index (χ1n) is 14.9. The summed E-state index contributed by atoms with van der Waals surface area (Å²) >= 11 is 6.21. The predicted octanol–water partition coefficient (Wildman–Crippen LogP) is 6.85. The number of sulfonamides is 1. The number of amides is 2. The van der Waals surface area contributed by atoms with E-state index in [-0.39, 0.29) is 29.1 Å². The molecule has 1 atom stereocenters. The molecule has 0 bridgehead atoms. The molecule has 4 aromatic carbocycles. The normalized spacial score (nSPS) is 12.3. The van der Waals surface area contributed by atoms with Gasteiger partial charge in [0.2, 0.25) is 11.8 Å². The van der Waals surface area contributed by atoms with Gasteiger partial charge < -0.3 is 10.2 Å². The van der Waals surface area contributed by atoms with Crippen LogP contribution in [0.5, 0.6) is 0 Å². The quantitative estimate of drug-likeness (QED) is 0.190. The standard InChI is InChI=1S/C36H39ClFN3O4S/c1-25-15-18-30(19-16-25)46(44,45)41(32-20-17-29(37)21-26(32)2)24-34(42)40(23-28-13-9-10-14-31(28)38)33(35(43)39-36(3,4)5)22-27-11-7-6-8-12-27/h6-21,33H,22-24H2,1-5H3,(H,39,43)/t33-/m0/s1. The zero-order chi connectivity index (χ0) is 33.6. The van der Waals surface area contributed by atoms with E-state index in [0.717, 1.165) is 15.4 Å². The monoisotopic (exact) mass is 663 g/mol. The van der Waals surface area contributed by atoms with Crippen molar-refractivity contribution in [1.29, 1.82) is 0 Å². The number of benzene rings is 4. The van der Waals surface area contributed by atoms with Gasteiger partial charge in [-0.3, -0.25) is 13.9 Å². The summed E-state index contributed by atoms with van der Waals surface area (Å²) < 4.78 is 44.5. The smallest absolute Gasteiger partial charge is 0.264 e. The van der Waals surface area contributed by atoms with Gasteiger partial charge in [-0.1, -0.05) is 77.8 Å². The van der Waals surface area contributed by atoms with Crippen molar-refractivity contribution >= 4 is 39.1 Å². The molecule has 0 unspecified atom stereocenters. The number of carbonyl (C=O) groups is 2. The summed E-state index contributed by atoms with van der Waals surface area (Å²) in [5.74, 6) is -1.68. The molecule has 0 aliphatic carbocycles. The van der Waals surface area contributed by atoms with E-state index in [2.05, 4.69) is 5.32 Å². The molecule has 4 rings (SSSR count). The number of nitrogens with zero attached hydrogens (tertiary/aromatic N) is 2. The molecule has 0 fully saturated rings. The third-order valence-electron chi connectivity index (χ3n) is 7.38. The first-order chi connectivity index (χ1) is 21.7. The Morgan fingerprint density at radius 2 is 1.52 bits per heavy atom. The van der Waals surface area contributed by atoms with E-state index in [1.807, 2.05) is 58.0 Å². The largest absolute Gasteiger partial charge is 0.350 e. The number of hydrogen-bond donors (Lipinski definition) is 1. The lowest BCUT2D eigenvalue weighted by Crippen LogP contribution is -2.56. The van der Waals surface area contributed by atoms with Gasteiger partial charge in [0.05, 0.1) is 10.6 Å². The molecule has 7 nitrogen and oxygen atoms in total. The van der Waals surface area contributed by atoms with Crippen LogP contribution in [0.2, 0.25) is 5.02 Å². The van der Waals surface area contributed by atoms with Crippen LogP contribution in [0.4, 0.5) is 10.1 Å². The van der Waals surface area contributed by atoms with Crippen LogP contribution in [-0.2, 0) is 32.6 Å². The van der Waals surface area contributed by atoms with Crippen molar-refractivity contribution in [2.75, 3.05) is 10.8 Å². The second-order valence-electron chi connectivity index (χ2n) is 12.3. The fraction of sp³-hybridized carbons (Fsp3) is 0.278. The summed E-state index contributed by atoms with van der Waals surface area (Å²) in [5, 5.41) is 3.37. The van der Waals surface area contributed by atoms with Crippen molar-refractivity contribution in [2.24, 2.45) is 0 Å². The Balaban J connectivity index is 1.85. The lowest BCUT2D eigenvalue weighted by molar-refractivity contribution is -0.140. The van der Waals surface area contributed by atoms with Gasteiger partial charge in [0.15, 0.2) is 0 Å². The van der Waals surface area contributed by atoms with Crippen LogP contribution in [0.3, 0.4) is 0 Å². The highest BCUT2D eigenvalue weighted by Gasteiger charge is 2.36. The summed E-state index contributed by atoms with van der Waals surface area (Å²) in [6.07, 6.45) is 0.119. The summed E-state index contributed by atoms with van der Waals surface area (Å²) in [5.41, 5.74) is 1.98. The van der Waals surface area contributed by atoms with E-state index < -0.39 is 45.8 Å². The number of anilines is 1. The van der Waals surface area contributed by atoms with Crippen LogP contribution >= 0.6 is 11.6 Å². The molecular weight excluding hydrogens is 625 g/mol. The Bertz CT molecular complexity index is 1790. The molecule has 46 heavy (non-hydrogen) atoms. The van der Waals surface area contributed by atoms with Crippen LogP contribution in [-0.4, -0.2) is 43.3 Å². The second-order valence-corrected chi connectivity index (χ2v) is 14.6. The van der Waals surface area contributed by atoms with Crippen LogP contribution in [0, 0.1) is 19.7 Å². The number of nitrogens with one attached hydrogen (secondary N) is 1. The van der Waals surface area contributed by atoms with Crippen LogP contribution in [0.15, 0.2) is 102 Å². The average molecular weight is 664 g/mol. The number of hydrogen-bond acceptors (Lipinski definition) is 4. The molecule has 0 saturated heterocycles. The van der Waals surface area contributed by atoms with Gasteiger partial charge in [0.1, 0.15) is 18.4 Å². The lowest BCUT2D eigenvalue weighted by atomic mass is 10.0. The number of rotatable bonds is 11. The molecule has 2 amide bonds. The molecule has 0 radical (unpaired) electrons. The maximum atomic E-state index is 15.1. The molecule has 0 saturated carbocycles. The highest BCUT2D eigenvalue weighted by Crippen LogP contribution is 2.30. The number of carbonyl (C=O) groups excluding carboxylic acids is 2. The molecule has 0 aromatic heterocycles. The molecule has 242 valence electrons. The van der Waals surface area contributed by atoms with Crippen molar-refractivity contribution in [3.63, 3.8) is 0 Å².